The molecule has 0 saturated heterocycles. The van der Waals surface area contributed by atoms with E-state index >= 15 is 0 Å². The van der Waals surface area contributed by atoms with Gasteiger partial charge < -0.3 is 4.74 Å². The van der Waals surface area contributed by atoms with Crippen molar-refractivity contribution in [1.82, 2.24) is 0 Å². The number of carbonyl (C=O) groups excluding carboxylic acids is 1. The normalized spacial score (nSPS) is 11.6. The Hall–Kier alpha value is -0.530. The zero-order valence-corrected chi connectivity index (χ0v) is 42.2. The fourth-order valence-corrected chi connectivity index (χ4v) is 9.44. The summed E-state index contributed by atoms with van der Waals surface area (Å²) in [5.41, 5.74) is 0. The summed E-state index contributed by atoms with van der Waals surface area (Å²) in [6.45, 7) is 5.25. The van der Waals surface area contributed by atoms with E-state index in [9.17, 15) is 4.79 Å². The Morgan fingerprint density at radius 2 is 0.367 bits per heavy atom. The lowest BCUT2D eigenvalue weighted by Crippen LogP contribution is -2.05. The monoisotopic (exact) mass is 845 g/mol. The average Bonchev–Trinajstić information content (AvgIpc) is 3.25. The van der Waals surface area contributed by atoms with E-state index in [1.165, 1.54) is 327 Å². The Morgan fingerprint density at radius 3 is 0.550 bits per heavy atom. The van der Waals surface area contributed by atoms with Crippen molar-refractivity contribution in [1.29, 1.82) is 0 Å². The van der Waals surface area contributed by atoms with Crippen molar-refractivity contribution in [3.63, 3.8) is 0 Å². The van der Waals surface area contributed by atoms with Gasteiger partial charge in [0.05, 0.1) is 6.61 Å². The van der Waals surface area contributed by atoms with Crippen LogP contribution in [0.2, 0.25) is 0 Å². The molecule has 0 aliphatic carbocycles. The minimum Gasteiger partial charge on any atom is -0.466 e. The molecule has 0 aromatic carbocycles. The van der Waals surface area contributed by atoms with Crippen LogP contribution in [0, 0.1) is 0 Å². The third-order valence-electron chi connectivity index (χ3n) is 13.7. The molecule has 360 valence electrons. The van der Waals surface area contributed by atoms with Crippen LogP contribution in [0.4, 0.5) is 0 Å². The Balaban J connectivity index is 3.13. The first-order valence-electron chi connectivity index (χ1n) is 29.0. The summed E-state index contributed by atoms with van der Waals surface area (Å²) in [7, 11) is 0. The highest BCUT2D eigenvalue weighted by Crippen LogP contribution is 2.19. The first-order chi connectivity index (χ1) is 29.8. The molecule has 0 spiro atoms. The van der Waals surface area contributed by atoms with Crippen molar-refractivity contribution < 1.29 is 9.53 Å². The van der Waals surface area contributed by atoms with Crippen LogP contribution in [-0.4, -0.2) is 12.6 Å². The summed E-state index contributed by atoms with van der Waals surface area (Å²) in [4.78, 5) is 12.1. The molecule has 2 heteroatoms. The van der Waals surface area contributed by atoms with Gasteiger partial charge in [0.2, 0.25) is 0 Å². The number of hydrogen-bond donors (Lipinski definition) is 0. The SMILES string of the molecule is CCCCCCCCCCCCCCCCCCCCCCCCCCCCCCCCCCCCC(=O)OCCCCCCCCCCCCCCCCCCCCC. The van der Waals surface area contributed by atoms with Crippen LogP contribution in [0.5, 0.6) is 0 Å². The third-order valence-corrected chi connectivity index (χ3v) is 13.7. The maximum Gasteiger partial charge on any atom is 0.305 e. The Bertz CT molecular complexity index is 747. The first-order valence-corrected chi connectivity index (χ1v) is 29.0. The number of rotatable bonds is 55. The molecule has 0 saturated carbocycles. The predicted molar refractivity (Wildman–Crippen MR) is 272 cm³/mol. The van der Waals surface area contributed by atoms with Crippen LogP contribution in [0.1, 0.15) is 361 Å². The van der Waals surface area contributed by atoms with Gasteiger partial charge in [0.15, 0.2) is 0 Å². The van der Waals surface area contributed by atoms with Gasteiger partial charge >= 0.3 is 5.97 Å². The fraction of sp³-hybridized carbons (Fsp3) is 0.983. The molecule has 0 bridgehead atoms. The molecular weight excluding hydrogens is 729 g/mol. The lowest BCUT2D eigenvalue weighted by molar-refractivity contribution is -0.143. The molecule has 0 aromatic rings. The van der Waals surface area contributed by atoms with E-state index in [4.69, 9.17) is 4.74 Å². The molecule has 0 aromatic heterocycles. The van der Waals surface area contributed by atoms with Crippen molar-refractivity contribution >= 4 is 5.97 Å². The smallest absolute Gasteiger partial charge is 0.305 e. The lowest BCUT2D eigenvalue weighted by atomic mass is 10.0. The summed E-state index contributed by atoms with van der Waals surface area (Å²) < 4.78 is 5.51. The van der Waals surface area contributed by atoms with Crippen LogP contribution in [0.25, 0.3) is 0 Å². The maximum absolute atomic E-state index is 12.1. The number of hydrogen-bond acceptors (Lipinski definition) is 2. The lowest BCUT2D eigenvalue weighted by Gasteiger charge is -2.06. The summed E-state index contributed by atoms with van der Waals surface area (Å²) in [6, 6.07) is 0. The standard InChI is InChI=1S/C58H116O2/c1-3-5-7-9-11-13-15-17-19-21-23-24-25-26-27-28-29-30-31-32-33-34-35-36-37-38-40-42-44-46-48-50-52-54-56-58(59)60-57-55-53-51-49-47-45-43-41-39-22-20-18-16-14-12-10-8-6-4-2/h3-57H2,1-2H3. The molecule has 0 amide bonds. The van der Waals surface area contributed by atoms with Crippen LogP contribution in [0.15, 0.2) is 0 Å². The number of esters is 1. The summed E-state index contributed by atoms with van der Waals surface area (Å²) in [6.07, 6.45) is 75.8. The predicted octanol–water partition coefficient (Wildman–Crippen LogP) is 21.6. The van der Waals surface area contributed by atoms with Crippen LogP contribution in [0.3, 0.4) is 0 Å². The van der Waals surface area contributed by atoms with E-state index in [0.717, 1.165) is 12.8 Å². The Labute approximate surface area is 381 Å². The Morgan fingerprint density at radius 1 is 0.217 bits per heavy atom. The van der Waals surface area contributed by atoms with Crippen LogP contribution < -0.4 is 0 Å². The van der Waals surface area contributed by atoms with Gasteiger partial charge in [-0.3, -0.25) is 4.79 Å². The quantitative estimate of drug-likeness (QED) is 0.0450. The summed E-state index contributed by atoms with van der Waals surface area (Å²) in [5, 5.41) is 0. The zero-order chi connectivity index (χ0) is 43.2. The van der Waals surface area contributed by atoms with Crippen molar-refractivity contribution in [2.24, 2.45) is 0 Å². The van der Waals surface area contributed by atoms with Gasteiger partial charge in [-0.05, 0) is 12.8 Å². The molecule has 0 atom stereocenters. The van der Waals surface area contributed by atoms with Crippen molar-refractivity contribution in [3.05, 3.63) is 0 Å². The zero-order valence-electron chi connectivity index (χ0n) is 42.2. The average molecular weight is 846 g/mol. The van der Waals surface area contributed by atoms with E-state index in [-0.39, 0.29) is 5.97 Å². The number of ether oxygens (including phenoxy) is 1. The van der Waals surface area contributed by atoms with Crippen molar-refractivity contribution in [3.8, 4) is 0 Å². The number of unbranched alkanes of at least 4 members (excludes halogenated alkanes) is 51. The highest BCUT2D eigenvalue weighted by Gasteiger charge is 2.03. The van der Waals surface area contributed by atoms with E-state index in [2.05, 4.69) is 13.8 Å². The second-order valence-electron chi connectivity index (χ2n) is 20.0. The van der Waals surface area contributed by atoms with E-state index in [1.807, 2.05) is 0 Å². The fourth-order valence-electron chi connectivity index (χ4n) is 9.44. The molecule has 0 fully saturated rings. The molecule has 0 N–H and O–H groups in total. The minimum absolute atomic E-state index is 0.0355. The highest BCUT2D eigenvalue weighted by molar-refractivity contribution is 5.69. The largest absolute Gasteiger partial charge is 0.466 e. The molecule has 0 unspecified atom stereocenters. The summed E-state index contributed by atoms with van der Waals surface area (Å²) in [5.74, 6) is 0.0355. The molecule has 0 heterocycles. The molecular formula is C58H116O2. The van der Waals surface area contributed by atoms with Gasteiger partial charge in [-0.25, -0.2) is 0 Å². The van der Waals surface area contributed by atoms with Crippen molar-refractivity contribution in [2.75, 3.05) is 6.61 Å². The van der Waals surface area contributed by atoms with E-state index in [1.54, 1.807) is 0 Å². The second kappa shape index (κ2) is 56.5. The topological polar surface area (TPSA) is 26.3 Å². The number of carbonyl (C=O) groups is 1. The van der Waals surface area contributed by atoms with Crippen LogP contribution >= 0.6 is 0 Å². The maximum atomic E-state index is 12.1. The second-order valence-corrected chi connectivity index (χ2v) is 20.0. The van der Waals surface area contributed by atoms with Gasteiger partial charge in [0.25, 0.3) is 0 Å². The molecule has 0 aliphatic rings. The van der Waals surface area contributed by atoms with E-state index < -0.39 is 0 Å². The molecule has 60 heavy (non-hydrogen) atoms. The van der Waals surface area contributed by atoms with E-state index in [0.29, 0.717) is 13.0 Å². The first kappa shape index (κ1) is 59.5. The van der Waals surface area contributed by atoms with Crippen molar-refractivity contribution in [2.45, 2.75) is 361 Å². The highest BCUT2D eigenvalue weighted by atomic mass is 16.5. The third kappa shape index (κ3) is 55.5. The summed E-state index contributed by atoms with van der Waals surface area (Å²) >= 11 is 0. The van der Waals surface area contributed by atoms with Gasteiger partial charge in [-0.1, -0.05) is 341 Å². The van der Waals surface area contributed by atoms with Gasteiger partial charge in [0, 0.05) is 6.42 Å². The van der Waals surface area contributed by atoms with Gasteiger partial charge in [0.1, 0.15) is 0 Å². The molecule has 0 radical (unpaired) electrons. The molecule has 0 rings (SSSR count). The minimum atomic E-state index is 0.0355. The molecule has 2 nitrogen and oxygen atoms in total. The van der Waals surface area contributed by atoms with Crippen LogP contribution in [-0.2, 0) is 9.53 Å². The Kier molecular flexibility index (Phi) is 56.0. The van der Waals surface area contributed by atoms with Gasteiger partial charge in [-0.15, -0.1) is 0 Å². The van der Waals surface area contributed by atoms with Gasteiger partial charge in [-0.2, -0.15) is 0 Å². The molecule has 0 aliphatic heterocycles.